The number of aliphatic hydroxyl groups excluding tert-OH is 1. The highest BCUT2D eigenvalue weighted by Gasteiger charge is 2.16. The minimum Gasteiger partial charge on any atom is -0.396 e. The van der Waals surface area contributed by atoms with Crippen LogP contribution in [0.2, 0.25) is 0 Å². The predicted octanol–water partition coefficient (Wildman–Crippen LogP) is 1.96. The van der Waals surface area contributed by atoms with Crippen LogP contribution in [-0.4, -0.2) is 65.4 Å². The average molecular weight is 382 g/mol. The number of nitrogens with two attached hydrogens (primary N) is 1. The van der Waals surface area contributed by atoms with E-state index in [1.54, 1.807) is 0 Å². The Balaban J connectivity index is 1.84. The topological polar surface area (TPSA) is 77.1 Å². The van der Waals surface area contributed by atoms with Crippen LogP contribution in [-0.2, 0) is 0 Å². The fourth-order valence-corrected chi connectivity index (χ4v) is 3.44. The smallest absolute Gasteiger partial charge is 0.199 e. The van der Waals surface area contributed by atoms with Crippen molar-refractivity contribution in [2.45, 2.75) is 13.3 Å². The van der Waals surface area contributed by atoms with E-state index >= 15 is 0 Å². The zero-order chi connectivity index (χ0) is 18.1. The van der Waals surface area contributed by atoms with E-state index in [0.717, 1.165) is 50.6 Å². The summed E-state index contributed by atoms with van der Waals surface area (Å²) in [5.74, 6) is 0.875. The Labute approximate surface area is 159 Å². The third-order valence-electron chi connectivity index (χ3n) is 3.99. The van der Waals surface area contributed by atoms with Gasteiger partial charge < -0.3 is 21.1 Å². The number of rotatable bonds is 6. The number of benzene rings is 1. The largest absolute Gasteiger partial charge is 0.396 e. The number of thioether (sulfide) groups is 1. The van der Waals surface area contributed by atoms with Crippen molar-refractivity contribution >= 4 is 45.6 Å². The molecule has 0 bridgehead atoms. The Kier molecular flexibility index (Phi) is 8.47. The first kappa shape index (κ1) is 20.0. The van der Waals surface area contributed by atoms with Gasteiger partial charge in [-0.1, -0.05) is 18.7 Å². The van der Waals surface area contributed by atoms with E-state index in [-0.39, 0.29) is 6.61 Å². The minimum atomic E-state index is 0.267. The number of aliphatic hydroxyl groups is 1. The Hall–Kier alpha value is -1.35. The second kappa shape index (κ2) is 10.6. The van der Waals surface area contributed by atoms with Crippen molar-refractivity contribution < 1.29 is 5.11 Å². The van der Waals surface area contributed by atoms with Gasteiger partial charge >= 0.3 is 0 Å². The average Bonchev–Trinajstić information content (AvgIpc) is 2.61. The SMILES string of the molecule is CCS/C(N)=N/C(=S)Nc1ccc(N2CCN(CCCO)CC2)cc1. The fourth-order valence-electron chi connectivity index (χ4n) is 2.71. The summed E-state index contributed by atoms with van der Waals surface area (Å²) >= 11 is 6.68. The Morgan fingerprint density at radius 2 is 1.96 bits per heavy atom. The van der Waals surface area contributed by atoms with E-state index in [1.807, 2.05) is 19.1 Å². The van der Waals surface area contributed by atoms with Crippen LogP contribution in [0.5, 0.6) is 0 Å². The molecule has 4 N–H and O–H groups in total. The maximum atomic E-state index is 8.92. The van der Waals surface area contributed by atoms with E-state index in [9.17, 15) is 0 Å². The van der Waals surface area contributed by atoms with Gasteiger partial charge in [0, 0.05) is 50.7 Å². The maximum Gasteiger partial charge on any atom is 0.199 e. The number of piperazine rings is 1. The fraction of sp³-hybridized carbons (Fsp3) is 0.529. The summed E-state index contributed by atoms with van der Waals surface area (Å²) in [6, 6.07) is 8.22. The normalized spacial score (nSPS) is 16.1. The summed E-state index contributed by atoms with van der Waals surface area (Å²) in [6.07, 6.45) is 0.851. The molecule has 1 aliphatic rings. The van der Waals surface area contributed by atoms with E-state index in [2.05, 4.69) is 32.2 Å². The Morgan fingerprint density at radius 3 is 2.56 bits per heavy atom. The lowest BCUT2D eigenvalue weighted by atomic mass is 10.2. The van der Waals surface area contributed by atoms with Crippen molar-refractivity contribution in [2.24, 2.45) is 10.7 Å². The van der Waals surface area contributed by atoms with Gasteiger partial charge in [-0.15, -0.1) is 0 Å². The summed E-state index contributed by atoms with van der Waals surface area (Å²) in [4.78, 5) is 8.93. The molecule has 2 rings (SSSR count). The predicted molar refractivity (Wildman–Crippen MR) is 113 cm³/mol. The number of thiocarbonyl (C=S) groups is 1. The van der Waals surface area contributed by atoms with Crippen molar-refractivity contribution in [1.82, 2.24) is 4.90 Å². The van der Waals surface area contributed by atoms with Crippen LogP contribution in [0.15, 0.2) is 29.3 Å². The van der Waals surface area contributed by atoms with Gasteiger partial charge in [0.15, 0.2) is 10.3 Å². The monoisotopic (exact) mass is 381 g/mol. The Bertz CT molecular complexity index is 571. The van der Waals surface area contributed by atoms with E-state index in [0.29, 0.717) is 10.3 Å². The molecule has 0 radical (unpaired) electrons. The first-order valence-corrected chi connectivity index (χ1v) is 9.98. The summed E-state index contributed by atoms with van der Waals surface area (Å²) in [7, 11) is 0. The first-order chi connectivity index (χ1) is 12.1. The quantitative estimate of drug-likeness (QED) is 0.395. The van der Waals surface area contributed by atoms with Crippen LogP contribution < -0.4 is 16.0 Å². The number of nitrogens with one attached hydrogen (secondary N) is 1. The molecule has 1 fully saturated rings. The van der Waals surface area contributed by atoms with Gasteiger partial charge in [-0.3, -0.25) is 4.90 Å². The van der Waals surface area contributed by atoms with Gasteiger partial charge in [0.05, 0.1) is 0 Å². The highest BCUT2D eigenvalue weighted by Crippen LogP contribution is 2.20. The summed E-state index contributed by atoms with van der Waals surface area (Å²) < 4.78 is 0. The van der Waals surface area contributed by atoms with Crippen LogP contribution >= 0.6 is 24.0 Å². The molecule has 0 aromatic heterocycles. The van der Waals surface area contributed by atoms with E-state index in [1.165, 1.54) is 17.4 Å². The molecule has 0 saturated carbocycles. The second-order valence-corrected chi connectivity index (χ2v) is 7.44. The van der Waals surface area contributed by atoms with Gasteiger partial charge in [-0.05, 0) is 48.7 Å². The molecule has 1 heterocycles. The molecule has 0 amide bonds. The first-order valence-electron chi connectivity index (χ1n) is 8.58. The van der Waals surface area contributed by atoms with Crippen LogP contribution in [0.25, 0.3) is 0 Å². The number of amidine groups is 1. The third-order valence-corrected chi connectivity index (χ3v) is 4.86. The lowest BCUT2D eigenvalue weighted by molar-refractivity contribution is 0.216. The van der Waals surface area contributed by atoms with Gasteiger partial charge in [0.2, 0.25) is 0 Å². The summed E-state index contributed by atoms with van der Waals surface area (Å²) in [5.41, 5.74) is 7.88. The summed E-state index contributed by atoms with van der Waals surface area (Å²) in [5, 5.41) is 12.9. The lowest BCUT2D eigenvalue weighted by Crippen LogP contribution is -2.46. The molecule has 1 aromatic rings. The van der Waals surface area contributed by atoms with Crippen molar-refractivity contribution in [3.8, 4) is 0 Å². The van der Waals surface area contributed by atoms with Gasteiger partial charge in [-0.25, -0.2) is 0 Å². The van der Waals surface area contributed by atoms with Crippen LogP contribution in [0, 0.1) is 0 Å². The van der Waals surface area contributed by atoms with Crippen LogP contribution in [0.1, 0.15) is 13.3 Å². The molecule has 1 saturated heterocycles. The molecule has 0 unspecified atom stereocenters. The molecule has 1 aliphatic heterocycles. The van der Waals surface area contributed by atoms with E-state index in [4.69, 9.17) is 23.1 Å². The van der Waals surface area contributed by atoms with E-state index < -0.39 is 0 Å². The third kappa shape index (κ3) is 6.81. The maximum absolute atomic E-state index is 8.92. The van der Waals surface area contributed by atoms with Crippen molar-refractivity contribution in [3.05, 3.63) is 24.3 Å². The van der Waals surface area contributed by atoms with Crippen molar-refractivity contribution in [1.29, 1.82) is 0 Å². The van der Waals surface area contributed by atoms with Crippen LogP contribution in [0.3, 0.4) is 0 Å². The zero-order valence-electron chi connectivity index (χ0n) is 14.6. The zero-order valence-corrected chi connectivity index (χ0v) is 16.3. The van der Waals surface area contributed by atoms with Crippen molar-refractivity contribution in [2.75, 3.05) is 55.3 Å². The highest BCUT2D eigenvalue weighted by atomic mass is 32.2. The minimum absolute atomic E-state index is 0.267. The Morgan fingerprint density at radius 1 is 1.28 bits per heavy atom. The molecule has 0 atom stereocenters. The number of hydrogen-bond donors (Lipinski definition) is 3. The number of nitrogens with zero attached hydrogens (tertiary/aromatic N) is 3. The molecular formula is C17H27N5OS2. The molecule has 0 spiro atoms. The number of hydrogen-bond acceptors (Lipinski definition) is 5. The van der Waals surface area contributed by atoms with Crippen LogP contribution in [0.4, 0.5) is 11.4 Å². The molecule has 6 nitrogen and oxygen atoms in total. The lowest BCUT2D eigenvalue weighted by Gasteiger charge is -2.36. The molecule has 0 aliphatic carbocycles. The van der Waals surface area contributed by atoms with Gasteiger partial charge in [0.25, 0.3) is 0 Å². The highest BCUT2D eigenvalue weighted by molar-refractivity contribution is 8.13. The summed E-state index contributed by atoms with van der Waals surface area (Å²) in [6.45, 7) is 7.35. The number of aliphatic imine (C=N–C) groups is 1. The number of anilines is 2. The van der Waals surface area contributed by atoms with Crippen molar-refractivity contribution in [3.63, 3.8) is 0 Å². The molecular weight excluding hydrogens is 354 g/mol. The van der Waals surface area contributed by atoms with Gasteiger partial charge in [0.1, 0.15) is 0 Å². The second-order valence-electron chi connectivity index (χ2n) is 5.77. The molecule has 25 heavy (non-hydrogen) atoms. The standard InChI is InChI=1S/C17H27N5OS2/c1-2-25-16(18)20-17(24)19-14-4-6-15(7-5-14)22-11-9-21(10-12-22)8-3-13-23/h4-7,23H,2-3,8-13H2,1H3,(H3,18,19,20,24). The molecule has 8 heteroatoms. The van der Waals surface area contributed by atoms with Gasteiger partial charge in [-0.2, -0.15) is 4.99 Å². The molecule has 1 aromatic carbocycles. The molecule has 138 valence electrons.